The van der Waals surface area contributed by atoms with Gasteiger partial charge in [0.2, 0.25) is 5.95 Å². The van der Waals surface area contributed by atoms with Gasteiger partial charge in [-0.1, -0.05) is 0 Å². The summed E-state index contributed by atoms with van der Waals surface area (Å²) in [5, 5.41) is 12.5. The van der Waals surface area contributed by atoms with Gasteiger partial charge in [-0.15, -0.1) is 0 Å². The average molecular weight is 523 g/mol. The molecule has 14 heteroatoms. The first-order chi connectivity index (χ1) is 17.6. The molecular weight excluding hydrogens is 498 g/mol. The van der Waals surface area contributed by atoms with Crippen LogP contribution >= 0.6 is 0 Å². The number of rotatable bonds is 7. The van der Waals surface area contributed by atoms with Crippen LogP contribution in [0.25, 0.3) is 5.65 Å². The van der Waals surface area contributed by atoms with Crippen LogP contribution in [0.5, 0.6) is 0 Å². The molecule has 3 aromatic heterocycles. The van der Waals surface area contributed by atoms with E-state index in [-0.39, 0.29) is 29.6 Å². The summed E-state index contributed by atoms with van der Waals surface area (Å²) >= 11 is 0. The zero-order valence-electron chi connectivity index (χ0n) is 19.8. The van der Waals surface area contributed by atoms with E-state index in [0.717, 1.165) is 25.3 Å². The van der Waals surface area contributed by atoms with Gasteiger partial charge in [0.25, 0.3) is 0 Å². The predicted molar refractivity (Wildman–Crippen MR) is 121 cm³/mol. The quantitative estimate of drug-likeness (QED) is 0.397. The molecule has 4 saturated carbocycles. The second kappa shape index (κ2) is 8.57. The highest BCUT2D eigenvalue weighted by molar-refractivity contribution is 5.69. The van der Waals surface area contributed by atoms with E-state index in [1.807, 2.05) is 0 Å². The fourth-order valence-electron chi connectivity index (χ4n) is 5.58. The van der Waals surface area contributed by atoms with E-state index in [1.54, 1.807) is 0 Å². The number of halogens is 4. The largest absolute Gasteiger partial charge is 0.443 e. The summed E-state index contributed by atoms with van der Waals surface area (Å²) < 4.78 is 67.3. The molecule has 4 fully saturated rings. The Balaban J connectivity index is 1.16. The van der Waals surface area contributed by atoms with Crippen molar-refractivity contribution < 1.29 is 31.8 Å². The monoisotopic (exact) mass is 523 g/mol. The Hall–Kier alpha value is -3.42. The highest BCUT2D eigenvalue weighted by atomic mass is 19.4. The van der Waals surface area contributed by atoms with Crippen LogP contribution in [0.1, 0.15) is 55.1 Å². The Labute approximate surface area is 208 Å². The van der Waals surface area contributed by atoms with Crippen molar-refractivity contribution in [2.45, 2.75) is 68.6 Å². The molecule has 2 bridgehead atoms. The third-order valence-electron chi connectivity index (χ3n) is 7.49. The third kappa shape index (κ3) is 4.36. The van der Waals surface area contributed by atoms with E-state index in [2.05, 4.69) is 30.8 Å². The molecule has 3 N–H and O–H groups in total. The number of amides is 1. The van der Waals surface area contributed by atoms with Gasteiger partial charge in [0.15, 0.2) is 11.5 Å². The fourth-order valence-corrected chi connectivity index (χ4v) is 5.58. The third-order valence-corrected chi connectivity index (χ3v) is 7.49. The number of ether oxygens (including phenoxy) is 2. The number of nitrogens with zero attached hydrogens (tertiary/aromatic N) is 4. The van der Waals surface area contributed by atoms with E-state index in [1.165, 1.54) is 23.8 Å². The molecule has 3 atom stereocenters. The van der Waals surface area contributed by atoms with Gasteiger partial charge in [-0.2, -0.15) is 18.3 Å². The first kappa shape index (κ1) is 23.9. The number of alkyl carbamates (subject to hydrolysis) is 1. The van der Waals surface area contributed by atoms with E-state index < -0.39 is 36.2 Å². The molecule has 1 amide bonds. The number of carbonyl (C=O) groups excluding carboxylic acids is 1. The number of methoxy groups -OCH3 is 1. The van der Waals surface area contributed by atoms with Crippen LogP contribution in [0.3, 0.4) is 0 Å². The molecule has 0 saturated heterocycles. The number of hydrogen-bond donors (Lipinski definition) is 3. The molecular formula is C23H25F4N7O3. The second-order valence-electron chi connectivity index (χ2n) is 10.1. The van der Waals surface area contributed by atoms with Crippen LogP contribution in [0.4, 0.5) is 34.1 Å². The minimum absolute atomic E-state index is 0.0318. The number of alkyl halides is 4. The van der Waals surface area contributed by atoms with Gasteiger partial charge in [-0.25, -0.2) is 19.2 Å². The smallest absolute Gasteiger partial charge is 0.433 e. The number of carbonyl (C=O) groups is 1. The Morgan fingerprint density at radius 2 is 2.03 bits per heavy atom. The lowest BCUT2D eigenvalue weighted by Gasteiger charge is -2.61. The molecule has 10 nitrogen and oxygen atoms in total. The molecule has 37 heavy (non-hydrogen) atoms. The average Bonchev–Trinajstić information content (AvgIpc) is 3.49. The van der Waals surface area contributed by atoms with Crippen LogP contribution in [0.15, 0.2) is 18.3 Å². The number of imidazole rings is 1. The molecule has 3 aromatic rings. The number of fused-ring (bicyclic) bond motifs is 1. The normalized spacial score (nSPS) is 28.6. The lowest BCUT2D eigenvalue weighted by atomic mass is 9.50. The molecule has 3 heterocycles. The highest BCUT2D eigenvalue weighted by Gasteiger charge is 2.58. The van der Waals surface area contributed by atoms with E-state index >= 15 is 4.39 Å². The van der Waals surface area contributed by atoms with Crippen molar-refractivity contribution in [1.29, 1.82) is 0 Å². The van der Waals surface area contributed by atoms with Crippen molar-refractivity contribution in [2.24, 2.45) is 5.92 Å². The van der Waals surface area contributed by atoms with E-state index in [0.29, 0.717) is 30.1 Å². The topological polar surface area (TPSA) is 118 Å². The maximum Gasteiger partial charge on any atom is 0.433 e. The van der Waals surface area contributed by atoms with Crippen molar-refractivity contribution in [1.82, 2.24) is 29.9 Å². The molecule has 198 valence electrons. The minimum Gasteiger partial charge on any atom is -0.443 e. The van der Waals surface area contributed by atoms with Crippen molar-refractivity contribution in [3.05, 3.63) is 35.4 Å². The fraction of sp³-hybridized carbons (Fsp3) is 0.565. The van der Waals surface area contributed by atoms with Gasteiger partial charge < -0.3 is 20.1 Å². The number of hydrogen-bond acceptors (Lipinski definition) is 7. The zero-order valence-corrected chi connectivity index (χ0v) is 19.8. The van der Waals surface area contributed by atoms with E-state index in [9.17, 15) is 18.0 Å². The Kier molecular flexibility index (Phi) is 5.55. The van der Waals surface area contributed by atoms with Crippen molar-refractivity contribution >= 4 is 23.5 Å². The van der Waals surface area contributed by atoms with Crippen molar-refractivity contribution in [3.8, 4) is 0 Å². The Bertz CT molecular complexity index is 1320. The molecule has 0 unspecified atom stereocenters. The molecule has 0 radical (unpaired) electrons. The van der Waals surface area contributed by atoms with Gasteiger partial charge in [0, 0.05) is 42.6 Å². The summed E-state index contributed by atoms with van der Waals surface area (Å²) in [6, 6.07) is 2.36. The summed E-state index contributed by atoms with van der Waals surface area (Å²) in [4.78, 5) is 20.1. The Morgan fingerprint density at radius 3 is 2.70 bits per heavy atom. The molecule has 4 aliphatic rings. The van der Waals surface area contributed by atoms with Crippen LogP contribution in [-0.2, 0) is 22.3 Å². The van der Waals surface area contributed by atoms with Crippen molar-refractivity contribution in [3.63, 3.8) is 0 Å². The van der Waals surface area contributed by atoms with Crippen LogP contribution in [0.2, 0.25) is 0 Å². The van der Waals surface area contributed by atoms with Crippen molar-refractivity contribution in [2.75, 3.05) is 12.4 Å². The number of aromatic nitrogens is 5. The van der Waals surface area contributed by atoms with Crippen LogP contribution < -0.4 is 10.6 Å². The summed E-state index contributed by atoms with van der Waals surface area (Å²) in [5.41, 5.74) is -0.383. The summed E-state index contributed by atoms with van der Waals surface area (Å²) in [6.07, 6.45) is -2.46. The van der Waals surface area contributed by atoms with Crippen LogP contribution in [-0.4, -0.2) is 55.6 Å². The lowest BCUT2D eigenvalue weighted by Crippen LogP contribution is -2.68. The van der Waals surface area contributed by atoms with Gasteiger partial charge in [0.1, 0.15) is 17.9 Å². The Morgan fingerprint density at radius 1 is 1.24 bits per heavy atom. The maximum absolute atomic E-state index is 15.2. The lowest BCUT2D eigenvalue weighted by molar-refractivity contribution is -0.141. The highest BCUT2D eigenvalue weighted by Crippen LogP contribution is 2.57. The molecule has 4 aliphatic carbocycles. The SMILES string of the molecule is COCc1cn2c(Nc3cc([C@H]4CC[C@@H](OC(=O)NC56CC(C5)C6)[C@H]4F)[nH]n3)nc(C(F)(F)F)cc2n1. The summed E-state index contributed by atoms with van der Waals surface area (Å²) in [7, 11) is 1.45. The number of nitrogens with one attached hydrogen (secondary N) is 3. The number of aromatic amines is 1. The first-order valence-corrected chi connectivity index (χ1v) is 12.0. The van der Waals surface area contributed by atoms with Gasteiger partial charge >= 0.3 is 12.3 Å². The predicted octanol–water partition coefficient (Wildman–Crippen LogP) is 4.22. The molecule has 0 aliphatic heterocycles. The maximum atomic E-state index is 15.2. The molecule has 7 rings (SSSR count). The van der Waals surface area contributed by atoms with Crippen LogP contribution in [0, 0.1) is 5.92 Å². The van der Waals surface area contributed by atoms with E-state index in [4.69, 9.17) is 9.47 Å². The minimum atomic E-state index is -4.69. The first-order valence-electron chi connectivity index (χ1n) is 12.0. The van der Waals surface area contributed by atoms with Gasteiger partial charge in [0.05, 0.1) is 12.3 Å². The number of anilines is 2. The number of H-pyrrole nitrogens is 1. The zero-order chi connectivity index (χ0) is 25.9. The summed E-state index contributed by atoms with van der Waals surface area (Å²) in [5.74, 6) is 0.0824. The summed E-state index contributed by atoms with van der Waals surface area (Å²) in [6.45, 7) is 0.108. The van der Waals surface area contributed by atoms with Gasteiger partial charge in [-0.05, 0) is 38.0 Å². The standard InChI is InChI=1S/C23H25F4N7O3/c1-36-10-12-9-34-18(28-12)5-16(23(25,26)27)29-20(34)30-17-4-14(32-33-17)13-2-3-15(19(13)24)37-21(35)31-22-6-11(7-22)8-22/h4-5,9,11,13,15,19H,2-3,6-8,10H2,1H3,(H,31,35)(H2,29,30,32,33)/t11?,13-,15-,19+,22?/m1/s1. The van der Waals surface area contributed by atoms with Gasteiger partial charge in [-0.3, -0.25) is 9.50 Å². The molecule has 0 spiro atoms. The molecule has 0 aromatic carbocycles. The second-order valence-corrected chi connectivity index (χ2v) is 10.1.